The summed E-state index contributed by atoms with van der Waals surface area (Å²) in [5, 5.41) is 0. The van der Waals surface area contributed by atoms with Crippen molar-refractivity contribution in [1.82, 2.24) is 4.90 Å². The average Bonchev–Trinajstić information content (AvgIpc) is 2.51. The molecule has 4 heteroatoms. The van der Waals surface area contributed by atoms with Crippen molar-refractivity contribution in [2.24, 2.45) is 5.73 Å². The summed E-state index contributed by atoms with van der Waals surface area (Å²) in [5.41, 5.74) is 14.4. The van der Waals surface area contributed by atoms with E-state index >= 15 is 0 Å². The SMILES string of the molecule is Cc1cc(CN2CC(N)CC2=O)ccc1N. The number of anilines is 1. The van der Waals surface area contributed by atoms with Crippen LogP contribution >= 0.6 is 0 Å². The second-order valence-electron chi connectivity index (χ2n) is 4.43. The third-order valence-corrected chi connectivity index (χ3v) is 2.95. The summed E-state index contributed by atoms with van der Waals surface area (Å²) in [5.74, 6) is 0.141. The van der Waals surface area contributed by atoms with Crippen molar-refractivity contribution in [2.75, 3.05) is 12.3 Å². The maximum atomic E-state index is 11.6. The zero-order valence-electron chi connectivity index (χ0n) is 9.44. The van der Waals surface area contributed by atoms with E-state index in [-0.39, 0.29) is 11.9 Å². The molecular weight excluding hydrogens is 202 g/mol. The first-order valence-corrected chi connectivity index (χ1v) is 5.44. The monoisotopic (exact) mass is 219 g/mol. The fourth-order valence-electron chi connectivity index (χ4n) is 2.01. The molecule has 0 saturated carbocycles. The van der Waals surface area contributed by atoms with Gasteiger partial charge < -0.3 is 16.4 Å². The third kappa shape index (κ3) is 2.17. The van der Waals surface area contributed by atoms with Crippen LogP contribution in [0.3, 0.4) is 0 Å². The molecule has 0 bridgehead atoms. The van der Waals surface area contributed by atoms with E-state index in [1.54, 1.807) is 4.90 Å². The molecule has 1 aromatic rings. The Kier molecular flexibility index (Phi) is 2.83. The normalized spacial score (nSPS) is 20.5. The number of carbonyl (C=O) groups excluding carboxylic acids is 1. The van der Waals surface area contributed by atoms with E-state index in [0.29, 0.717) is 19.5 Å². The van der Waals surface area contributed by atoms with E-state index in [9.17, 15) is 4.79 Å². The standard InChI is InChI=1S/C12H17N3O/c1-8-4-9(2-3-11(8)14)6-15-7-10(13)5-12(15)16/h2-4,10H,5-7,13-14H2,1H3. The summed E-state index contributed by atoms with van der Waals surface area (Å²) in [4.78, 5) is 13.4. The van der Waals surface area contributed by atoms with Crippen molar-refractivity contribution in [1.29, 1.82) is 0 Å². The molecule has 1 aromatic carbocycles. The summed E-state index contributed by atoms with van der Waals surface area (Å²) in [6, 6.07) is 5.85. The lowest BCUT2D eigenvalue weighted by atomic mass is 10.1. The van der Waals surface area contributed by atoms with Gasteiger partial charge in [0.2, 0.25) is 5.91 Å². The van der Waals surface area contributed by atoms with Gasteiger partial charge in [0.1, 0.15) is 0 Å². The number of aryl methyl sites for hydroxylation is 1. The molecule has 0 aliphatic carbocycles. The minimum atomic E-state index is -0.0117. The number of benzene rings is 1. The van der Waals surface area contributed by atoms with Crippen molar-refractivity contribution in [2.45, 2.75) is 25.9 Å². The number of likely N-dealkylation sites (tertiary alicyclic amines) is 1. The number of amides is 1. The Balaban J connectivity index is 2.09. The number of nitrogen functional groups attached to an aromatic ring is 1. The Morgan fingerprint density at radius 1 is 1.50 bits per heavy atom. The van der Waals surface area contributed by atoms with Gasteiger partial charge in [-0.25, -0.2) is 0 Å². The van der Waals surface area contributed by atoms with Crippen LogP contribution in [0.25, 0.3) is 0 Å². The maximum Gasteiger partial charge on any atom is 0.224 e. The molecule has 2 rings (SSSR count). The third-order valence-electron chi connectivity index (χ3n) is 2.95. The van der Waals surface area contributed by atoms with E-state index in [2.05, 4.69) is 0 Å². The number of carbonyl (C=O) groups is 1. The first-order valence-electron chi connectivity index (χ1n) is 5.44. The highest BCUT2D eigenvalue weighted by molar-refractivity contribution is 5.79. The molecule has 1 unspecified atom stereocenters. The van der Waals surface area contributed by atoms with E-state index in [4.69, 9.17) is 11.5 Å². The van der Waals surface area contributed by atoms with Crippen molar-refractivity contribution in [3.8, 4) is 0 Å². The molecule has 4 nitrogen and oxygen atoms in total. The average molecular weight is 219 g/mol. The number of nitrogens with zero attached hydrogens (tertiary/aromatic N) is 1. The highest BCUT2D eigenvalue weighted by Crippen LogP contribution is 2.17. The Bertz CT molecular complexity index is 417. The fourth-order valence-corrected chi connectivity index (χ4v) is 2.01. The van der Waals surface area contributed by atoms with Gasteiger partial charge in [-0.3, -0.25) is 4.79 Å². The molecule has 0 aromatic heterocycles. The first kappa shape index (κ1) is 11.0. The first-order chi connectivity index (χ1) is 7.56. The number of hydrogen-bond acceptors (Lipinski definition) is 3. The van der Waals surface area contributed by atoms with Crippen LogP contribution in [0, 0.1) is 6.92 Å². The summed E-state index contributed by atoms with van der Waals surface area (Å²) >= 11 is 0. The summed E-state index contributed by atoms with van der Waals surface area (Å²) in [6.07, 6.45) is 0.466. The Morgan fingerprint density at radius 3 is 2.81 bits per heavy atom. The van der Waals surface area contributed by atoms with E-state index in [1.807, 2.05) is 25.1 Å². The molecule has 4 N–H and O–H groups in total. The second-order valence-corrected chi connectivity index (χ2v) is 4.43. The second kappa shape index (κ2) is 4.14. The zero-order valence-corrected chi connectivity index (χ0v) is 9.44. The largest absolute Gasteiger partial charge is 0.399 e. The Labute approximate surface area is 95.2 Å². The molecule has 1 saturated heterocycles. The smallest absolute Gasteiger partial charge is 0.224 e. The van der Waals surface area contributed by atoms with Gasteiger partial charge in [-0.1, -0.05) is 12.1 Å². The van der Waals surface area contributed by atoms with Gasteiger partial charge in [0, 0.05) is 31.2 Å². The quantitative estimate of drug-likeness (QED) is 0.717. The number of nitrogens with two attached hydrogens (primary N) is 2. The lowest BCUT2D eigenvalue weighted by Gasteiger charge is -2.16. The van der Waals surface area contributed by atoms with Gasteiger partial charge in [0.15, 0.2) is 0 Å². The van der Waals surface area contributed by atoms with Crippen LogP contribution in [0.2, 0.25) is 0 Å². The van der Waals surface area contributed by atoms with Crippen LogP contribution in [-0.2, 0) is 11.3 Å². The van der Waals surface area contributed by atoms with Gasteiger partial charge in [-0.05, 0) is 24.1 Å². The van der Waals surface area contributed by atoms with Crippen LogP contribution in [-0.4, -0.2) is 23.4 Å². The van der Waals surface area contributed by atoms with Gasteiger partial charge in [-0.15, -0.1) is 0 Å². The molecule has 1 aliphatic rings. The molecule has 1 fully saturated rings. The van der Waals surface area contributed by atoms with Gasteiger partial charge >= 0.3 is 0 Å². The van der Waals surface area contributed by atoms with E-state index < -0.39 is 0 Å². The van der Waals surface area contributed by atoms with Gasteiger partial charge in [0.05, 0.1) is 0 Å². The molecule has 1 aliphatic heterocycles. The predicted molar refractivity (Wildman–Crippen MR) is 63.6 cm³/mol. The predicted octanol–water partition coefficient (Wildman–Crippen LogP) is 0.637. The fraction of sp³-hybridized carbons (Fsp3) is 0.417. The maximum absolute atomic E-state index is 11.6. The van der Waals surface area contributed by atoms with E-state index in [0.717, 1.165) is 16.8 Å². The van der Waals surface area contributed by atoms with Crippen LogP contribution in [0.5, 0.6) is 0 Å². The van der Waals surface area contributed by atoms with E-state index in [1.165, 1.54) is 0 Å². The minimum Gasteiger partial charge on any atom is -0.399 e. The molecule has 1 atom stereocenters. The van der Waals surface area contributed by atoms with Gasteiger partial charge in [-0.2, -0.15) is 0 Å². The lowest BCUT2D eigenvalue weighted by molar-refractivity contribution is -0.128. The molecule has 86 valence electrons. The Hall–Kier alpha value is -1.55. The minimum absolute atomic E-state index is 0.0117. The molecule has 16 heavy (non-hydrogen) atoms. The van der Waals surface area contributed by atoms with Crippen LogP contribution in [0.15, 0.2) is 18.2 Å². The molecule has 1 heterocycles. The zero-order chi connectivity index (χ0) is 11.7. The van der Waals surface area contributed by atoms with Crippen LogP contribution in [0.4, 0.5) is 5.69 Å². The van der Waals surface area contributed by atoms with Crippen molar-refractivity contribution < 1.29 is 4.79 Å². The van der Waals surface area contributed by atoms with Crippen molar-refractivity contribution in [3.63, 3.8) is 0 Å². The number of hydrogen-bond donors (Lipinski definition) is 2. The topological polar surface area (TPSA) is 72.3 Å². The molecule has 1 amide bonds. The van der Waals surface area contributed by atoms with Crippen LogP contribution in [0.1, 0.15) is 17.5 Å². The highest BCUT2D eigenvalue weighted by Gasteiger charge is 2.26. The number of rotatable bonds is 2. The van der Waals surface area contributed by atoms with Gasteiger partial charge in [0.25, 0.3) is 0 Å². The highest BCUT2D eigenvalue weighted by atomic mass is 16.2. The Morgan fingerprint density at radius 2 is 2.25 bits per heavy atom. The van der Waals surface area contributed by atoms with Crippen molar-refractivity contribution in [3.05, 3.63) is 29.3 Å². The lowest BCUT2D eigenvalue weighted by Crippen LogP contribution is -2.27. The van der Waals surface area contributed by atoms with Crippen molar-refractivity contribution >= 4 is 11.6 Å². The summed E-state index contributed by atoms with van der Waals surface area (Å²) < 4.78 is 0. The molecule has 0 radical (unpaired) electrons. The summed E-state index contributed by atoms with van der Waals surface area (Å²) in [6.45, 7) is 3.26. The van der Waals surface area contributed by atoms with Crippen LogP contribution < -0.4 is 11.5 Å². The molecule has 0 spiro atoms. The summed E-state index contributed by atoms with van der Waals surface area (Å²) in [7, 11) is 0. The molecular formula is C12H17N3O.